The molecular weight excluding hydrogens is 371 g/mol. The van der Waals surface area contributed by atoms with Crippen molar-refractivity contribution in [2.75, 3.05) is 6.54 Å². The Morgan fingerprint density at radius 1 is 1.25 bits per heavy atom. The van der Waals surface area contributed by atoms with E-state index < -0.39 is 12.1 Å². The van der Waals surface area contributed by atoms with Gasteiger partial charge in [0.2, 0.25) is 0 Å². The van der Waals surface area contributed by atoms with E-state index in [2.05, 4.69) is 60.7 Å². The molecule has 8 heteroatoms. The lowest BCUT2D eigenvalue weighted by Crippen LogP contribution is -2.27. The van der Waals surface area contributed by atoms with Crippen LogP contribution in [0.2, 0.25) is 0 Å². The lowest BCUT2D eigenvalue weighted by molar-refractivity contribution is -0.192. The number of aryl methyl sites for hydroxylation is 1. The average molecular weight is 395 g/mol. The zero-order valence-corrected chi connectivity index (χ0v) is 16.1. The van der Waals surface area contributed by atoms with Crippen LogP contribution in [0.15, 0.2) is 30.3 Å². The van der Waals surface area contributed by atoms with Crippen molar-refractivity contribution in [1.82, 2.24) is 14.5 Å². The minimum atomic E-state index is -5.08. The smallest absolute Gasteiger partial charge is 0.475 e. The molecule has 0 radical (unpaired) electrons. The van der Waals surface area contributed by atoms with Gasteiger partial charge in [-0.3, -0.25) is 4.90 Å². The maximum absolute atomic E-state index is 10.6. The molecule has 4 rings (SSSR count). The molecule has 1 aromatic carbocycles. The van der Waals surface area contributed by atoms with Crippen LogP contribution >= 0.6 is 0 Å². The zero-order chi connectivity index (χ0) is 20.6. The SMILES string of the molecule is Cc1nc(CN2C[C@@H]3C[C@@H]3[C@@H]2c2ccccc2)n(C)c1C.O=C(O)C(F)(F)F. The summed E-state index contributed by atoms with van der Waals surface area (Å²) >= 11 is 0. The summed E-state index contributed by atoms with van der Waals surface area (Å²) in [7, 11) is 2.14. The molecule has 1 aliphatic heterocycles. The molecule has 0 bridgehead atoms. The molecule has 0 unspecified atom stereocenters. The van der Waals surface area contributed by atoms with Crippen LogP contribution < -0.4 is 0 Å². The number of benzene rings is 1. The number of fused-ring (bicyclic) bond motifs is 1. The fourth-order valence-electron chi connectivity index (χ4n) is 3.93. The molecule has 1 saturated carbocycles. The van der Waals surface area contributed by atoms with Crippen LogP contribution in [-0.2, 0) is 18.4 Å². The van der Waals surface area contributed by atoms with Crippen molar-refractivity contribution >= 4 is 5.97 Å². The van der Waals surface area contributed by atoms with Gasteiger partial charge < -0.3 is 9.67 Å². The maximum atomic E-state index is 10.6. The Kier molecular flexibility index (Phi) is 5.52. The molecule has 152 valence electrons. The van der Waals surface area contributed by atoms with E-state index in [1.807, 2.05) is 0 Å². The number of carbonyl (C=O) groups is 1. The van der Waals surface area contributed by atoms with Gasteiger partial charge in [0.25, 0.3) is 0 Å². The maximum Gasteiger partial charge on any atom is 0.490 e. The molecule has 2 fully saturated rings. The largest absolute Gasteiger partial charge is 0.490 e. The van der Waals surface area contributed by atoms with E-state index in [0.29, 0.717) is 6.04 Å². The van der Waals surface area contributed by atoms with Crippen LogP contribution in [0.1, 0.15) is 35.2 Å². The molecular formula is C20H24F3N3O2. The minimum Gasteiger partial charge on any atom is -0.475 e. The highest BCUT2D eigenvalue weighted by Gasteiger charge is 2.52. The molecule has 5 nitrogen and oxygen atoms in total. The van der Waals surface area contributed by atoms with Crippen LogP contribution in [0.3, 0.4) is 0 Å². The fraction of sp³-hybridized carbons (Fsp3) is 0.500. The Balaban J connectivity index is 0.000000279. The van der Waals surface area contributed by atoms with Gasteiger partial charge in [0.1, 0.15) is 5.82 Å². The predicted molar refractivity (Wildman–Crippen MR) is 97.6 cm³/mol. The van der Waals surface area contributed by atoms with Gasteiger partial charge in [-0.15, -0.1) is 0 Å². The lowest BCUT2D eigenvalue weighted by atomic mass is 10.0. The quantitative estimate of drug-likeness (QED) is 0.857. The van der Waals surface area contributed by atoms with E-state index in [4.69, 9.17) is 14.9 Å². The van der Waals surface area contributed by atoms with Crippen LogP contribution in [-0.4, -0.2) is 38.2 Å². The van der Waals surface area contributed by atoms with E-state index in [9.17, 15) is 13.2 Å². The number of carboxylic acids is 1. The Hall–Kier alpha value is -2.35. The van der Waals surface area contributed by atoms with E-state index in [-0.39, 0.29) is 0 Å². The van der Waals surface area contributed by atoms with Crippen LogP contribution in [0.5, 0.6) is 0 Å². The second-order valence-electron chi connectivity index (χ2n) is 7.51. The Morgan fingerprint density at radius 3 is 2.36 bits per heavy atom. The number of nitrogens with zero attached hydrogens (tertiary/aromatic N) is 3. The highest BCUT2D eigenvalue weighted by Crippen LogP contribution is 2.56. The lowest BCUT2D eigenvalue weighted by Gasteiger charge is -2.27. The standard InChI is InChI=1S/C18H23N3.C2HF3O2/c1-12-13(2)20(3)17(19-12)11-21-10-15-9-16(15)18(21)14-7-5-4-6-8-14;3-2(4,5)1(6)7/h4-8,15-16,18H,9-11H2,1-3H3;(H,6,7)/t15-,16-,18-;/m0./s1. The third-order valence-electron chi connectivity index (χ3n) is 5.68. The first-order valence-electron chi connectivity index (χ1n) is 9.17. The van der Waals surface area contributed by atoms with Gasteiger partial charge in [0.15, 0.2) is 0 Å². The third-order valence-corrected chi connectivity index (χ3v) is 5.68. The summed E-state index contributed by atoms with van der Waals surface area (Å²) in [4.78, 5) is 16.3. The number of alkyl halides is 3. The first-order valence-corrected chi connectivity index (χ1v) is 9.17. The van der Waals surface area contributed by atoms with Gasteiger partial charge in [-0.25, -0.2) is 9.78 Å². The molecule has 3 atom stereocenters. The van der Waals surface area contributed by atoms with E-state index in [0.717, 1.165) is 24.1 Å². The molecule has 1 N–H and O–H groups in total. The first-order chi connectivity index (χ1) is 13.1. The number of hydrogen-bond acceptors (Lipinski definition) is 3. The number of rotatable bonds is 3. The normalized spacial score (nSPS) is 23.7. The highest BCUT2D eigenvalue weighted by atomic mass is 19.4. The fourth-order valence-corrected chi connectivity index (χ4v) is 3.93. The van der Waals surface area contributed by atoms with Crippen LogP contribution in [0.25, 0.3) is 0 Å². The van der Waals surface area contributed by atoms with E-state index >= 15 is 0 Å². The summed E-state index contributed by atoms with van der Waals surface area (Å²) in [5.41, 5.74) is 3.92. The van der Waals surface area contributed by atoms with Gasteiger partial charge in [-0.1, -0.05) is 30.3 Å². The van der Waals surface area contributed by atoms with Crippen molar-refractivity contribution in [3.8, 4) is 0 Å². The predicted octanol–water partition coefficient (Wildman–Crippen LogP) is 3.86. The van der Waals surface area contributed by atoms with Crippen molar-refractivity contribution in [3.05, 3.63) is 53.1 Å². The van der Waals surface area contributed by atoms with Gasteiger partial charge in [-0.05, 0) is 37.7 Å². The third kappa shape index (κ3) is 4.22. The first kappa shape index (κ1) is 20.4. The number of piperidine rings is 1. The molecule has 1 saturated heterocycles. The van der Waals surface area contributed by atoms with Crippen molar-refractivity contribution in [3.63, 3.8) is 0 Å². The monoisotopic (exact) mass is 395 g/mol. The number of hydrogen-bond donors (Lipinski definition) is 1. The van der Waals surface area contributed by atoms with Crippen LogP contribution in [0, 0.1) is 25.7 Å². The second kappa shape index (κ2) is 7.58. The molecule has 28 heavy (non-hydrogen) atoms. The van der Waals surface area contributed by atoms with Gasteiger partial charge in [0, 0.05) is 25.3 Å². The van der Waals surface area contributed by atoms with Crippen molar-refractivity contribution in [1.29, 1.82) is 0 Å². The molecule has 0 spiro atoms. The van der Waals surface area contributed by atoms with E-state index in [1.165, 1.54) is 30.0 Å². The van der Waals surface area contributed by atoms with E-state index in [1.54, 1.807) is 0 Å². The number of halogens is 3. The second-order valence-corrected chi connectivity index (χ2v) is 7.51. The average Bonchev–Trinajstić information content (AvgIpc) is 3.23. The van der Waals surface area contributed by atoms with Gasteiger partial charge >= 0.3 is 12.1 Å². The van der Waals surface area contributed by atoms with Gasteiger partial charge in [-0.2, -0.15) is 13.2 Å². The number of likely N-dealkylation sites (tertiary alicyclic amines) is 1. The van der Waals surface area contributed by atoms with Gasteiger partial charge in [0.05, 0.1) is 12.2 Å². The Morgan fingerprint density at radius 2 is 1.86 bits per heavy atom. The number of aromatic nitrogens is 2. The molecule has 0 amide bonds. The molecule has 1 aromatic heterocycles. The topological polar surface area (TPSA) is 58.4 Å². The highest BCUT2D eigenvalue weighted by molar-refractivity contribution is 5.73. The summed E-state index contributed by atoms with van der Waals surface area (Å²) in [6.45, 7) is 6.46. The summed E-state index contributed by atoms with van der Waals surface area (Å²) in [6.07, 6.45) is -3.67. The summed E-state index contributed by atoms with van der Waals surface area (Å²) in [6, 6.07) is 11.6. The zero-order valence-electron chi connectivity index (χ0n) is 16.1. The molecule has 1 aliphatic carbocycles. The molecule has 2 aliphatic rings. The molecule has 2 aromatic rings. The van der Waals surface area contributed by atoms with Crippen LogP contribution in [0.4, 0.5) is 13.2 Å². The number of imidazole rings is 1. The minimum absolute atomic E-state index is 0.591. The summed E-state index contributed by atoms with van der Waals surface area (Å²) in [5.74, 6) is 0.229. The molecule has 2 heterocycles. The number of carboxylic acid groups (broad SMARTS) is 1. The van der Waals surface area contributed by atoms with Crippen molar-refractivity contribution in [2.24, 2.45) is 18.9 Å². The van der Waals surface area contributed by atoms with Crippen molar-refractivity contribution < 1.29 is 23.1 Å². The Bertz CT molecular complexity index is 848. The Labute approximate surface area is 161 Å². The summed E-state index contributed by atoms with van der Waals surface area (Å²) < 4.78 is 34.0. The summed E-state index contributed by atoms with van der Waals surface area (Å²) in [5, 5.41) is 7.12. The number of aliphatic carboxylic acids is 1. The van der Waals surface area contributed by atoms with Crippen molar-refractivity contribution in [2.45, 2.75) is 39.0 Å².